The first kappa shape index (κ1) is 13.5. The summed E-state index contributed by atoms with van der Waals surface area (Å²) in [5, 5.41) is 0. The van der Waals surface area contributed by atoms with Crippen molar-refractivity contribution in [1.82, 2.24) is 19.9 Å². The lowest BCUT2D eigenvalue weighted by molar-refractivity contribution is 0.416. The van der Waals surface area contributed by atoms with Gasteiger partial charge in [0.1, 0.15) is 11.0 Å². The lowest BCUT2D eigenvalue weighted by atomic mass is 10.4. The van der Waals surface area contributed by atoms with Gasteiger partial charge in [0.15, 0.2) is 15.8 Å². The van der Waals surface area contributed by atoms with Crippen molar-refractivity contribution in [3.05, 3.63) is 6.33 Å². The lowest BCUT2D eigenvalue weighted by Gasteiger charge is -2.20. The van der Waals surface area contributed by atoms with E-state index in [9.17, 15) is 0 Å². The van der Waals surface area contributed by atoms with Gasteiger partial charge in [-0.15, -0.1) is 11.3 Å². The van der Waals surface area contributed by atoms with E-state index in [1.54, 1.807) is 29.4 Å². The topological polar surface area (TPSA) is 45.2 Å². The zero-order valence-electron chi connectivity index (χ0n) is 11.0. The lowest BCUT2D eigenvalue weighted by Crippen LogP contribution is -2.29. The first-order valence-corrected chi connectivity index (χ1v) is 7.67. The minimum Gasteiger partial charge on any atom is -0.357 e. The van der Waals surface area contributed by atoms with Crippen LogP contribution in [0.3, 0.4) is 0 Å². The van der Waals surface area contributed by atoms with Crippen molar-refractivity contribution in [3.8, 4) is 0 Å². The summed E-state index contributed by atoms with van der Waals surface area (Å²) >= 11 is 3.30. The van der Waals surface area contributed by atoms with Gasteiger partial charge in [-0.25, -0.2) is 15.0 Å². The fourth-order valence-corrected chi connectivity index (χ4v) is 3.10. The third-order valence-corrected chi connectivity index (χ3v) is 4.60. The first-order valence-electron chi connectivity index (χ1n) is 5.63. The molecule has 7 heteroatoms. The van der Waals surface area contributed by atoms with Gasteiger partial charge in [0.05, 0.1) is 0 Å². The molecule has 0 aliphatic heterocycles. The summed E-state index contributed by atoms with van der Waals surface area (Å²) in [6.07, 6.45) is 3.62. The summed E-state index contributed by atoms with van der Waals surface area (Å²) in [5.41, 5.74) is 0.797. The molecule has 0 spiro atoms. The zero-order valence-corrected chi connectivity index (χ0v) is 12.7. The average Bonchev–Trinajstić information content (AvgIpc) is 2.78. The molecule has 0 unspecified atom stereocenters. The van der Waals surface area contributed by atoms with E-state index >= 15 is 0 Å². The van der Waals surface area contributed by atoms with Crippen LogP contribution in [0.15, 0.2) is 10.7 Å². The highest BCUT2D eigenvalue weighted by Crippen LogP contribution is 2.32. The fraction of sp³-hybridized carbons (Fsp3) is 0.545. The highest BCUT2D eigenvalue weighted by molar-refractivity contribution is 8.00. The van der Waals surface area contributed by atoms with Crippen LogP contribution in [0.5, 0.6) is 0 Å². The van der Waals surface area contributed by atoms with Crippen LogP contribution in [-0.2, 0) is 0 Å². The van der Waals surface area contributed by atoms with Crippen molar-refractivity contribution in [3.63, 3.8) is 0 Å². The van der Waals surface area contributed by atoms with Crippen LogP contribution in [0.2, 0.25) is 0 Å². The second-order valence-electron chi connectivity index (χ2n) is 4.26. The summed E-state index contributed by atoms with van der Waals surface area (Å²) in [7, 11) is 6.20. The number of thioether (sulfide) groups is 1. The van der Waals surface area contributed by atoms with Crippen molar-refractivity contribution in [2.24, 2.45) is 0 Å². The van der Waals surface area contributed by atoms with E-state index < -0.39 is 0 Å². The Labute approximate surface area is 115 Å². The van der Waals surface area contributed by atoms with Crippen LogP contribution in [0.4, 0.5) is 5.82 Å². The Balaban J connectivity index is 2.29. The molecule has 0 saturated heterocycles. The molecule has 0 radical (unpaired) electrons. The highest BCUT2D eigenvalue weighted by Gasteiger charge is 2.13. The summed E-state index contributed by atoms with van der Waals surface area (Å²) < 4.78 is 2.11. The molecule has 98 valence electrons. The van der Waals surface area contributed by atoms with Crippen LogP contribution >= 0.6 is 23.1 Å². The smallest absolute Gasteiger partial charge is 0.176 e. The largest absolute Gasteiger partial charge is 0.357 e. The van der Waals surface area contributed by atoms with Gasteiger partial charge < -0.3 is 9.80 Å². The number of aromatic nitrogens is 3. The molecule has 2 aromatic heterocycles. The minimum atomic E-state index is 0.797. The van der Waals surface area contributed by atoms with Gasteiger partial charge in [0, 0.05) is 20.1 Å². The molecule has 0 atom stereocenters. The third kappa shape index (κ3) is 2.90. The molecule has 0 bridgehead atoms. The quantitative estimate of drug-likeness (QED) is 0.780. The average molecular weight is 283 g/mol. The van der Waals surface area contributed by atoms with Crippen LogP contribution < -0.4 is 4.90 Å². The van der Waals surface area contributed by atoms with Crippen molar-refractivity contribution in [2.75, 3.05) is 45.4 Å². The number of likely N-dealkylation sites (N-methyl/N-ethyl adjacent to an activating group) is 2. The minimum absolute atomic E-state index is 0.797. The maximum absolute atomic E-state index is 4.46. The predicted octanol–water partition coefficient (Wildman–Crippen LogP) is 1.81. The standard InChI is InChI=1S/C11H17N5S2/c1-15(2)5-6-16(3)10-8-9(12-7-13-10)14-11(17-4)18-8/h7H,5-6H2,1-4H3. The third-order valence-electron chi connectivity index (χ3n) is 2.57. The second kappa shape index (κ2) is 5.81. The van der Waals surface area contributed by atoms with Crippen molar-refractivity contribution < 1.29 is 0 Å². The van der Waals surface area contributed by atoms with Gasteiger partial charge in [-0.3, -0.25) is 0 Å². The van der Waals surface area contributed by atoms with Gasteiger partial charge in [-0.1, -0.05) is 11.8 Å². The number of fused-ring (bicyclic) bond motifs is 1. The van der Waals surface area contributed by atoms with Crippen molar-refractivity contribution in [2.45, 2.75) is 4.34 Å². The summed E-state index contributed by atoms with van der Waals surface area (Å²) in [6, 6.07) is 0. The van der Waals surface area contributed by atoms with E-state index in [0.717, 1.165) is 33.6 Å². The van der Waals surface area contributed by atoms with Gasteiger partial charge >= 0.3 is 0 Å². The zero-order chi connectivity index (χ0) is 13.1. The molecule has 2 rings (SSSR count). The van der Waals surface area contributed by atoms with Crippen LogP contribution in [0.25, 0.3) is 10.3 Å². The molecule has 0 aromatic carbocycles. The Bertz CT molecular complexity index is 525. The monoisotopic (exact) mass is 283 g/mol. The number of nitrogens with zero attached hydrogens (tertiary/aromatic N) is 5. The van der Waals surface area contributed by atoms with Crippen molar-refractivity contribution in [1.29, 1.82) is 0 Å². The first-order chi connectivity index (χ1) is 8.61. The Morgan fingerprint density at radius 3 is 2.67 bits per heavy atom. The summed E-state index contributed by atoms with van der Waals surface area (Å²) in [5.74, 6) is 0.972. The molecule has 0 N–H and O–H groups in total. The van der Waals surface area contributed by atoms with Gasteiger partial charge in [0.2, 0.25) is 0 Å². The second-order valence-corrected chi connectivity index (χ2v) is 6.31. The van der Waals surface area contributed by atoms with Gasteiger partial charge in [-0.2, -0.15) is 0 Å². The Hall–Kier alpha value is -0.920. The predicted molar refractivity (Wildman–Crippen MR) is 78.8 cm³/mol. The maximum atomic E-state index is 4.46. The highest BCUT2D eigenvalue weighted by atomic mass is 32.2. The van der Waals surface area contributed by atoms with E-state index in [4.69, 9.17) is 0 Å². The van der Waals surface area contributed by atoms with E-state index in [2.05, 4.69) is 45.9 Å². The SMILES string of the molecule is CSc1nc2ncnc(N(C)CCN(C)C)c2s1. The molecule has 0 amide bonds. The number of hydrogen-bond donors (Lipinski definition) is 0. The Morgan fingerprint density at radius 1 is 1.22 bits per heavy atom. The molecule has 0 saturated carbocycles. The molecule has 0 aliphatic rings. The number of anilines is 1. The molecule has 18 heavy (non-hydrogen) atoms. The van der Waals surface area contributed by atoms with Crippen LogP contribution in [0, 0.1) is 0 Å². The molecule has 0 fully saturated rings. The normalized spacial score (nSPS) is 11.4. The van der Waals surface area contributed by atoms with Crippen molar-refractivity contribution >= 4 is 39.3 Å². The maximum Gasteiger partial charge on any atom is 0.176 e. The molecule has 2 heterocycles. The van der Waals surface area contributed by atoms with Gasteiger partial charge in [0.25, 0.3) is 0 Å². The summed E-state index contributed by atoms with van der Waals surface area (Å²) in [6.45, 7) is 1.93. The molecule has 2 aromatic rings. The van der Waals surface area contributed by atoms with E-state index in [0.29, 0.717) is 0 Å². The Kier molecular flexibility index (Phi) is 4.36. The molecule has 5 nitrogen and oxygen atoms in total. The fourth-order valence-electron chi connectivity index (χ4n) is 1.54. The molecule has 0 aliphatic carbocycles. The summed E-state index contributed by atoms with van der Waals surface area (Å²) in [4.78, 5) is 17.4. The van der Waals surface area contributed by atoms with Crippen LogP contribution in [0.1, 0.15) is 0 Å². The molecular weight excluding hydrogens is 266 g/mol. The number of rotatable bonds is 5. The van der Waals surface area contributed by atoms with Crippen LogP contribution in [-0.4, -0.2) is 60.3 Å². The van der Waals surface area contributed by atoms with Gasteiger partial charge in [-0.05, 0) is 20.4 Å². The number of thiazole rings is 1. The van der Waals surface area contributed by atoms with E-state index in [-0.39, 0.29) is 0 Å². The number of hydrogen-bond acceptors (Lipinski definition) is 7. The molecular formula is C11H17N5S2. The van der Waals surface area contributed by atoms with E-state index in [1.165, 1.54) is 0 Å². The Morgan fingerprint density at radius 2 is 2.00 bits per heavy atom. The van der Waals surface area contributed by atoms with E-state index in [1.807, 2.05) is 6.26 Å².